The van der Waals surface area contributed by atoms with E-state index in [0.717, 1.165) is 5.69 Å². The maximum Gasteiger partial charge on any atom is 0.257 e. The second-order valence-corrected chi connectivity index (χ2v) is 5.41. The lowest BCUT2D eigenvalue weighted by molar-refractivity contribution is -0.121. The number of piperidine rings is 1. The molecule has 0 saturated carbocycles. The van der Waals surface area contributed by atoms with E-state index >= 15 is 0 Å². The first kappa shape index (κ1) is 14.3. The Labute approximate surface area is 128 Å². The number of aromatic nitrogens is 2. The van der Waals surface area contributed by atoms with Gasteiger partial charge in [0.15, 0.2) is 0 Å². The molecule has 0 unspecified atom stereocenters. The molecule has 1 fully saturated rings. The Kier molecular flexibility index (Phi) is 4.18. The number of hydrogen-bond acceptors (Lipinski definition) is 3. The number of amides is 2. The van der Waals surface area contributed by atoms with Crippen molar-refractivity contribution in [3.63, 3.8) is 0 Å². The fraction of sp³-hybridized carbons (Fsp3) is 0.312. The third-order valence-corrected chi connectivity index (χ3v) is 3.94. The van der Waals surface area contributed by atoms with Crippen LogP contribution in [-0.4, -0.2) is 40.0 Å². The van der Waals surface area contributed by atoms with Gasteiger partial charge in [-0.3, -0.25) is 14.7 Å². The summed E-state index contributed by atoms with van der Waals surface area (Å²) >= 11 is 0. The van der Waals surface area contributed by atoms with Crippen molar-refractivity contribution >= 4 is 17.5 Å². The number of para-hydroxylation sites is 1. The molecule has 22 heavy (non-hydrogen) atoms. The van der Waals surface area contributed by atoms with Crippen LogP contribution in [0.5, 0.6) is 0 Å². The highest BCUT2D eigenvalue weighted by atomic mass is 16.2. The number of benzene rings is 1. The number of carbonyl (C=O) groups is 2. The topological polar surface area (TPSA) is 78.1 Å². The fourth-order valence-corrected chi connectivity index (χ4v) is 2.66. The molecule has 114 valence electrons. The molecular formula is C16H18N4O2. The van der Waals surface area contributed by atoms with Crippen molar-refractivity contribution in [2.75, 3.05) is 18.4 Å². The van der Waals surface area contributed by atoms with Crippen LogP contribution in [0.25, 0.3) is 0 Å². The van der Waals surface area contributed by atoms with Crippen LogP contribution in [0.2, 0.25) is 0 Å². The summed E-state index contributed by atoms with van der Waals surface area (Å²) in [6.45, 7) is 1.19. The van der Waals surface area contributed by atoms with Crippen LogP contribution < -0.4 is 5.32 Å². The summed E-state index contributed by atoms with van der Waals surface area (Å²) in [7, 11) is 0. The molecule has 2 aromatic rings. The summed E-state index contributed by atoms with van der Waals surface area (Å²) in [4.78, 5) is 26.2. The zero-order valence-corrected chi connectivity index (χ0v) is 12.2. The van der Waals surface area contributed by atoms with E-state index in [1.807, 2.05) is 30.3 Å². The van der Waals surface area contributed by atoms with E-state index in [9.17, 15) is 9.59 Å². The Morgan fingerprint density at radius 1 is 1.18 bits per heavy atom. The summed E-state index contributed by atoms with van der Waals surface area (Å²) in [6.07, 6.45) is 4.48. The van der Waals surface area contributed by atoms with Gasteiger partial charge in [-0.15, -0.1) is 0 Å². The van der Waals surface area contributed by atoms with Gasteiger partial charge in [0.25, 0.3) is 5.91 Å². The molecule has 3 rings (SSSR count). The van der Waals surface area contributed by atoms with Crippen molar-refractivity contribution in [2.24, 2.45) is 5.92 Å². The number of anilines is 1. The van der Waals surface area contributed by atoms with Gasteiger partial charge in [0.2, 0.25) is 5.91 Å². The number of likely N-dealkylation sites (tertiary alicyclic amines) is 1. The smallest absolute Gasteiger partial charge is 0.257 e. The maximum atomic E-state index is 12.2. The van der Waals surface area contributed by atoms with Gasteiger partial charge in [-0.2, -0.15) is 5.10 Å². The van der Waals surface area contributed by atoms with Crippen LogP contribution in [-0.2, 0) is 4.79 Å². The van der Waals surface area contributed by atoms with Crippen LogP contribution in [0.4, 0.5) is 5.69 Å². The second-order valence-electron chi connectivity index (χ2n) is 5.41. The van der Waals surface area contributed by atoms with Crippen molar-refractivity contribution in [1.82, 2.24) is 15.1 Å². The molecule has 1 aliphatic rings. The van der Waals surface area contributed by atoms with E-state index in [-0.39, 0.29) is 17.7 Å². The van der Waals surface area contributed by atoms with Gasteiger partial charge in [0.1, 0.15) is 0 Å². The third kappa shape index (κ3) is 3.16. The number of hydrogen-bond donors (Lipinski definition) is 2. The Morgan fingerprint density at radius 2 is 1.91 bits per heavy atom. The highest BCUT2D eigenvalue weighted by Gasteiger charge is 2.28. The van der Waals surface area contributed by atoms with Crippen LogP contribution >= 0.6 is 0 Å². The fourth-order valence-electron chi connectivity index (χ4n) is 2.66. The van der Waals surface area contributed by atoms with Crippen molar-refractivity contribution in [1.29, 1.82) is 0 Å². The lowest BCUT2D eigenvalue weighted by Gasteiger charge is -2.31. The molecule has 2 amide bonds. The molecule has 0 bridgehead atoms. The first-order chi connectivity index (χ1) is 10.7. The number of rotatable bonds is 3. The summed E-state index contributed by atoms with van der Waals surface area (Å²) in [5.74, 6) is -0.0501. The average Bonchev–Trinajstić information content (AvgIpc) is 3.10. The maximum absolute atomic E-state index is 12.2. The Bertz CT molecular complexity index is 631. The van der Waals surface area contributed by atoms with Gasteiger partial charge < -0.3 is 10.2 Å². The molecule has 2 heterocycles. The van der Waals surface area contributed by atoms with E-state index in [1.54, 1.807) is 11.1 Å². The molecule has 1 aromatic heterocycles. The van der Waals surface area contributed by atoms with Crippen molar-refractivity contribution in [3.05, 3.63) is 48.3 Å². The SMILES string of the molecule is O=C(Nc1ccccc1)C1CCN(C(=O)c2cn[nH]c2)CC1. The van der Waals surface area contributed by atoms with E-state index in [0.29, 0.717) is 31.5 Å². The van der Waals surface area contributed by atoms with E-state index in [4.69, 9.17) is 0 Å². The summed E-state index contributed by atoms with van der Waals surface area (Å²) in [6, 6.07) is 9.43. The number of H-pyrrole nitrogens is 1. The average molecular weight is 298 g/mol. The van der Waals surface area contributed by atoms with Gasteiger partial charge in [-0.1, -0.05) is 18.2 Å². The lowest BCUT2D eigenvalue weighted by atomic mass is 9.95. The monoisotopic (exact) mass is 298 g/mol. The highest BCUT2D eigenvalue weighted by Crippen LogP contribution is 2.20. The minimum Gasteiger partial charge on any atom is -0.339 e. The second kappa shape index (κ2) is 6.43. The summed E-state index contributed by atoms with van der Waals surface area (Å²) < 4.78 is 0. The van der Waals surface area contributed by atoms with Crippen LogP contribution in [0.3, 0.4) is 0 Å². The predicted molar refractivity (Wildman–Crippen MR) is 82.3 cm³/mol. The van der Waals surface area contributed by atoms with Crippen LogP contribution in [0.15, 0.2) is 42.7 Å². The van der Waals surface area contributed by atoms with Crippen molar-refractivity contribution in [2.45, 2.75) is 12.8 Å². The van der Waals surface area contributed by atoms with E-state index in [2.05, 4.69) is 15.5 Å². The quantitative estimate of drug-likeness (QED) is 0.908. The molecule has 6 nitrogen and oxygen atoms in total. The van der Waals surface area contributed by atoms with Gasteiger partial charge >= 0.3 is 0 Å². The minimum atomic E-state index is -0.0476. The highest BCUT2D eigenvalue weighted by molar-refractivity contribution is 5.95. The minimum absolute atomic E-state index is 0.0293. The van der Waals surface area contributed by atoms with Crippen LogP contribution in [0, 0.1) is 5.92 Å². The van der Waals surface area contributed by atoms with Gasteiger partial charge in [-0.25, -0.2) is 0 Å². The molecule has 1 saturated heterocycles. The van der Waals surface area contributed by atoms with E-state index in [1.165, 1.54) is 6.20 Å². The summed E-state index contributed by atoms with van der Waals surface area (Å²) in [5, 5.41) is 9.36. The molecule has 0 radical (unpaired) electrons. The zero-order chi connectivity index (χ0) is 15.4. The first-order valence-corrected chi connectivity index (χ1v) is 7.38. The molecule has 1 aliphatic heterocycles. The summed E-state index contributed by atoms with van der Waals surface area (Å²) in [5.41, 5.74) is 1.37. The molecular weight excluding hydrogens is 280 g/mol. The number of nitrogens with one attached hydrogen (secondary N) is 2. The normalized spacial score (nSPS) is 15.5. The largest absolute Gasteiger partial charge is 0.339 e. The first-order valence-electron chi connectivity index (χ1n) is 7.38. The van der Waals surface area contributed by atoms with Crippen molar-refractivity contribution in [3.8, 4) is 0 Å². The van der Waals surface area contributed by atoms with Crippen molar-refractivity contribution < 1.29 is 9.59 Å². The molecule has 6 heteroatoms. The Balaban J connectivity index is 1.53. The number of nitrogens with zero attached hydrogens (tertiary/aromatic N) is 2. The molecule has 2 N–H and O–H groups in total. The van der Waals surface area contributed by atoms with Gasteiger partial charge in [0, 0.05) is 30.9 Å². The number of carbonyl (C=O) groups excluding carboxylic acids is 2. The van der Waals surface area contributed by atoms with Crippen LogP contribution in [0.1, 0.15) is 23.2 Å². The van der Waals surface area contributed by atoms with Gasteiger partial charge in [0.05, 0.1) is 11.8 Å². The Morgan fingerprint density at radius 3 is 2.55 bits per heavy atom. The lowest BCUT2D eigenvalue weighted by Crippen LogP contribution is -2.41. The molecule has 0 aliphatic carbocycles. The van der Waals surface area contributed by atoms with Gasteiger partial charge in [-0.05, 0) is 25.0 Å². The molecule has 0 atom stereocenters. The number of aromatic amines is 1. The zero-order valence-electron chi connectivity index (χ0n) is 12.2. The predicted octanol–water partition coefficient (Wildman–Crippen LogP) is 1.90. The van der Waals surface area contributed by atoms with E-state index < -0.39 is 0 Å². The standard InChI is InChI=1S/C16H18N4O2/c21-15(19-14-4-2-1-3-5-14)12-6-8-20(9-7-12)16(22)13-10-17-18-11-13/h1-5,10-12H,6-9H2,(H,17,18)(H,19,21). The molecule has 0 spiro atoms. The molecule has 1 aromatic carbocycles. The Hall–Kier alpha value is -2.63. The third-order valence-electron chi connectivity index (χ3n) is 3.94.